The largest absolute Gasteiger partial charge is 0.314 e. The Bertz CT molecular complexity index is 417. The average molecular weight is 372 g/mol. The first-order valence-electron chi connectivity index (χ1n) is 7.47. The van der Waals surface area contributed by atoms with Gasteiger partial charge >= 0.3 is 0 Å². The third-order valence-electron chi connectivity index (χ3n) is 3.88. The molecule has 1 aromatic rings. The first-order valence-corrected chi connectivity index (χ1v) is 7.85. The molecule has 128 valence electrons. The molecule has 1 saturated heterocycles. The van der Waals surface area contributed by atoms with Crippen molar-refractivity contribution in [2.45, 2.75) is 32.7 Å². The van der Waals surface area contributed by atoms with Crippen LogP contribution in [0.2, 0.25) is 5.02 Å². The maximum absolute atomic E-state index is 13.6. The fourth-order valence-corrected chi connectivity index (χ4v) is 3.04. The lowest BCUT2D eigenvalue weighted by atomic mass is 9.95. The summed E-state index contributed by atoms with van der Waals surface area (Å²) >= 11 is 6.02. The highest BCUT2D eigenvalue weighted by Crippen LogP contribution is 2.30. The predicted molar refractivity (Wildman–Crippen MR) is 97.2 cm³/mol. The van der Waals surface area contributed by atoms with Crippen molar-refractivity contribution in [1.82, 2.24) is 10.2 Å². The highest BCUT2D eigenvalue weighted by Gasteiger charge is 2.23. The van der Waals surface area contributed by atoms with E-state index in [1.165, 1.54) is 6.07 Å². The lowest BCUT2D eigenvalue weighted by Crippen LogP contribution is -2.45. The highest BCUT2D eigenvalue weighted by molar-refractivity contribution is 6.30. The molecule has 1 heterocycles. The molecule has 2 nitrogen and oxygen atoms in total. The Morgan fingerprint density at radius 3 is 2.32 bits per heavy atom. The zero-order chi connectivity index (χ0) is 14.5. The number of nitrogens with one attached hydrogen (secondary N) is 1. The van der Waals surface area contributed by atoms with E-state index in [4.69, 9.17) is 11.6 Å². The smallest absolute Gasteiger partial charge is 0.125 e. The molecule has 1 atom stereocenters. The third kappa shape index (κ3) is 6.59. The van der Waals surface area contributed by atoms with Crippen molar-refractivity contribution >= 4 is 36.4 Å². The molecule has 0 aliphatic carbocycles. The SMILES string of the molecule is CC(C)CC[C@@H](c1cc(F)cc(Cl)c1)N1CCNCC1.Cl.Cl. The second-order valence-corrected chi connectivity index (χ2v) is 6.41. The Morgan fingerprint density at radius 1 is 1.14 bits per heavy atom. The molecule has 0 spiro atoms. The van der Waals surface area contributed by atoms with E-state index >= 15 is 0 Å². The summed E-state index contributed by atoms with van der Waals surface area (Å²) in [7, 11) is 0. The van der Waals surface area contributed by atoms with E-state index in [0.717, 1.165) is 44.6 Å². The quantitative estimate of drug-likeness (QED) is 0.806. The van der Waals surface area contributed by atoms with Crippen LogP contribution in [0, 0.1) is 11.7 Å². The summed E-state index contributed by atoms with van der Waals surface area (Å²) in [5, 5.41) is 3.86. The van der Waals surface area contributed by atoms with Gasteiger partial charge in [-0.1, -0.05) is 25.4 Å². The van der Waals surface area contributed by atoms with E-state index in [1.54, 1.807) is 6.07 Å². The van der Waals surface area contributed by atoms with E-state index in [0.29, 0.717) is 10.9 Å². The van der Waals surface area contributed by atoms with Crippen LogP contribution >= 0.6 is 36.4 Å². The lowest BCUT2D eigenvalue weighted by Gasteiger charge is -2.35. The predicted octanol–water partition coefficient (Wildman–Crippen LogP) is 4.71. The second kappa shape index (κ2) is 10.7. The van der Waals surface area contributed by atoms with Gasteiger partial charge in [-0.25, -0.2) is 4.39 Å². The molecule has 1 aliphatic heterocycles. The average Bonchev–Trinajstić information content (AvgIpc) is 2.38. The zero-order valence-electron chi connectivity index (χ0n) is 13.1. The Hall–Kier alpha value is -0.0600. The number of piperazine rings is 1. The molecule has 1 aromatic carbocycles. The van der Waals surface area contributed by atoms with Gasteiger partial charge in [-0.2, -0.15) is 0 Å². The van der Waals surface area contributed by atoms with Gasteiger partial charge in [-0.15, -0.1) is 24.8 Å². The normalized spacial score (nSPS) is 16.8. The van der Waals surface area contributed by atoms with Crippen molar-refractivity contribution in [3.8, 4) is 0 Å². The fraction of sp³-hybridized carbons (Fsp3) is 0.625. The van der Waals surface area contributed by atoms with Gasteiger partial charge in [0.15, 0.2) is 0 Å². The van der Waals surface area contributed by atoms with Crippen LogP contribution in [0.1, 0.15) is 38.3 Å². The minimum absolute atomic E-state index is 0. The summed E-state index contributed by atoms with van der Waals surface area (Å²) in [5.41, 5.74) is 1.01. The number of hydrogen-bond acceptors (Lipinski definition) is 2. The summed E-state index contributed by atoms with van der Waals surface area (Å²) in [6.07, 6.45) is 2.19. The van der Waals surface area contributed by atoms with Crippen LogP contribution in [0.5, 0.6) is 0 Å². The van der Waals surface area contributed by atoms with Gasteiger partial charge in [-0.05, 0) is 42.5 Å². The van der Waals surface area contributed by atoms with Crippen molar-refractivity contribution in [2.75, 3.05) is 26.2 Å². The molecule has 0 amide bonds. The highest BCUT2D eigenvalue weighted by atomic mass is 35.5. The molecular weight excluding hydrogens is 346 g/mol. The molecule has 6 heteroatoms. The summed E-state index contributed by atoms with van der Waals surface area (Å²) in [4.78, 5) is 2.45. The van der Waals surface area contributed by atoms with Gasteiger partial charge in [0.1, 0.15) is 5.82 Å². The molecule has 0 saturated carbocycles. The summed E-state index contributed by atoms with van der Waals surface area (Å²) in [5.74, 6) is 0.418. The topological polar surface area (TPSA) is 15.3 Å². The van der Waals surface area contributed by atoms with Gasteiger partial charge in [0.25, 0.3) is 0 Å². The number of benzene rings is 1. The molecule has 0 aromatic heterocycles. The monoisotopic (exact) mass is 370 g/mol. The van der Waals surface area contributed by atoms with Gasteiger partial charge in [0.05, 0.1) is 0 Å². The Balaban J connectivity index is 0.00000220. The third-order valence-corrected chi connectivity index (χ3v) is 4.10. The first kappa shape index (κ1) is 21.9. The maximum atomic E-state index is 13.6. The van der Waals surface area contributed by atoms with Crippen molar-refractivity contribution in [3.05, 3.63) is 34.6 Å². The van der Waals surface area contributed by atoms with Crippen LogP contribution in [0.25, 0.3) is 0 Å². The van der Waals surface area contributed by atoms with Crippen LogP contribution in [0.3, 0.4) is 0 Å². The molecule has 1 aliphatic rings. The van der Waals surface area contributed by atoms with Crippen LogP contribution < -0.4 is 5.32 Å². The van der Waals surface area contributed by atoms with Crippen molar-refractivity contribution in [2.24, 2.45) is 5.92 Å². The van der Waals surface area contributed by atoms with Gasteiger partial charge in [0, 0.05) is 37.2 Å². The molecular formula is C16H26Cl3FN2. The number of hydrogen-bond donors (Lipinski definition) is 1. The maximum Gasteiger partial charge on any atom is 0.125 e. The Kier molecular flexibility index (Phi) is 10.6. The van der Waals surface area contributed by atoms with Gasteiger partial charge < -0.3 is 5.32 Å². The molecule has 0 unspecified atom stereocenters. The molecule has 2 rings (SSSR count). The van der Waals surface area contributed by atoms with E-state index in [9.17, 15) is 4.39 Å². The van der Waals surface area contributed by atoms with E-state index < -0.39 is 0 Å². The van der Waals surface area contributed by atoms with Crippen molar-refractivity contribution < 1.29 is 4.39 Å². The minimum Gasteiger partial charge on any atom is -0.314 e. The number of halogens is 4. The molecule has 22 heavy (non-hydrogen) atoms. The number of nitrogens with zero attached hydrogens (tertiary/aromatic N) is 1. The molecule has 0 bridgehead atoms. The number of rotatable bonds is 5. The summed E-state index contributed by atoms with van der Waals surface area (Å²) < 4.78 is 13.6. The minimum atomic E-state index is -0.239. The van der Waals surface area contributed by atoms with Crippen LogP contribution in [0.15, 0.2) is 18.2 Å². The summed E-state index contributed by atoms with van der Waals surface area (Å²) in [6, 6.07) is 5.20. The fourth-order valence-electron chi connectivity index (χ4n) is 2.81. The van der Waals surface area contributed by atoms with Crippen LogP contribution in [-0.4, -0.2) is 31.1 Å². The zero-order valence-corrected chi connectivity index (χ0v) is 15.5. The lowest BCUT2D eigenvalue weighted by molar-refractivity contribution is 0.159. The first-order chi connectivity index (χ1) is 9.56. The Labute approximate surface area is 150 Å². The van der Waals surface area contributed by atoms with Gasteiger partial charge in [-0.3, -0.25) is 4.90 Å². The van der Waals surface area contributed by atoms with Crippen molar-refractivity contribution in [1.29, 1.82) is 0 Å². The standard InChI is InChI=1S/C16H24ClFN2.2ClH/c1-12(2)3-4-16(20-7-5-19-6-8-20)13-9-14(17)11-15(18)10-13;;/h9-12,16,19H,3-8H2,1-2H3;2*1H/t16-;;/m0../s1. The summed E-state index contributed by atoms with van der Waals surface area (Å²) in [6.45, 7) is 8.48. The molecule has 1 N–H and O–H groups in total. The molecule has 1 fully saturated rings. The van der Waals surface area contributed by atoms with E-state index in [2.05, 4.69) is 24.1 Å². The second-order valence-electron chi connectivity index (χ2n) is 5.98. The van der Waals surface area contributed by atoms with E-state index in [-0.39, 0.29) is 36.7 Å². The van der Waals surface area contributed by atoms with Crippen LogP contribution in [0.4, 0.5) is 4.39 Å². The van der Waals surface area contributed by atoms with E-state index in [1.807, 2.05) is 6.07 Å². The Morgan fingerprint density at radius 2 is 1.77 bits per heavy atom. The van der Waals surface area contributed by atoms with Crippen LogP contribution in [-0.2, 0) is 0 Å². The molecule has 0 radical (unpaired) electrons. The van der Waals surface area contributed by atoms with Gasteiger partial charge in [0.2, 0.25) is 0 Å². The van der Waals surface area contributed by atoms with Crippen molar-refractivity contribution in [3.63, 3.8) is 0 Å².